The van der Waals surface area contributed by atoms with E-state index in [4.69, 9.17) is 0 Å². The Labute approximate surface area is 187 Å². The van der Waals surface area contributed by atoms with Gasteiger partial charge in [0.05, 0.1) is 23.0 Å². The van der Waals surface area contributed by atoms with Crippen LogP contribution in [0.4, 0.5) is 10.1 Å². The number of imide groups is 1. The summed E-state index contributed by atoms with van der Waals surface area (Å²) in [5, 5.41) is 0. The molecule has 2 aromatic carbocycles. The largest absolute Gasteiger partial charge is 0.291 e. The molecule has 2 aromatic rings. The molecule has 0 radical (unpaired) electrons. The number of carbonyl (C=O) groups excluding carboxylic acids is 2. The van der Waals surface area contributed by atoms with Crippen molar-refractivity contribution >= 4 is 27.5 Å². The summed E-state index contributed by atoms with van der Waals surface area (Å²) in [6.45, 7) is 3.23. The summed E-state index contributed by atoms with van der Waals surface area (Å²) >= 11 is 0. The third kappa shape index (κ3) is 4.20. The standard InChI is InChI=1S/C23H26FN3O4S/c1-2-26(32(30,31)20-6-4-3-5-7-20)18-12-14-25(15-13-18)21-16-22(28)27(23(21)29)19-10-8-17(24)9-11-19/h3-11,18,21H,2,12-16H2,1H3/t21-/m1/s1. The van der Waals surface area contributed by atoms with E-state index in [-0.39, 0.29) is 29.2 Å². The van der Waals surface area contributed by atoms with E-state index in [1.165, 1.54) is 28.6 Å². The normalized spacial score (nSPS) is 21.0. The van der Waals surface area contributed by atoms with E-state index in [9.17, 15) is 22.4 Å². The number of nitrogens with zero attached hydrogens (tertiary/aromatic N) is 3. The number of likely N-dealkylation sites (tertiary alicyclic amines) is 1. The SMILES string of the molecule is CCN(C1CCN([C@@H]2CC(=O)N(c3ccc(F)cc3)C2=O)CC1)S(=O)(=O)c1ccccc1. The molecule has 2 saturated heterocycles. The van der Waals surface area contributed by atoms with Crippen molar-refractivity contribution in [3.8, 4) is 0 Å². The van der Waals surface area contributed by atoms with E-state index in [0.717, 1.165) is 4.90 Å². The molecule has 32 heavy (non-hydrogen) atoms. The van der Waals surface area contributed by atoms with E-state index in [2.05, 4.69) is 0 Å². The van der Waals surface area contributed by atoms with Crippen molar-refractivity contribution in [3.63, 3.8) is 0 Å². The molecule has 0 unspecified atom stereocenters. The molecule has 0 saturated carbocycles. The minimum Gasteiger partial charge on any atom is -0.291 e. The summed E-state index contributed by atoms with van der Waals surface area (Å²) in [7, 11) is -3.60. The first-order chi connectivity index (χ1) is 15.3. The Balaban J connectivity index is 1.44. The summed E-state index contributed by atoms with van der Waals surface area (Å²) in [6.07, 6.45) is 1.23. The molecule has 4 rings (SSSR count). The Bertz CT molecular complexity index is 1080. The molecule has 2 aliphatic heterocycles. The molecule has 2 amide bonds. The maximum atomic E-state index is 13.2. The lowest BCUT2D eigenvalue weighted by atomic mass is 10.0. The maximum Gasteiger partial charge on any atom is 0.251 e. The van der Waals surface area contributed by atoms with Crippen molar-refractivity contribution in [2.24, 2.45) is 0 Å². The number of hydrogen-bond donors (Lipinski definition) is 0. The Morgan fingerprint density at radius 1 is 1.00 bits per heavy atom. The van der Waals surface area contributed by atoms with Gasteiger partial charge in [0.25, 0.3) is 5.91 Å². The highest BCUT2D eigenvalue weighted by Crippen LogP contribution is 2.30. The monoisotopic (exact) mass is 459 g/mol. The van der Waals surface area contributed by atoms with Crippen molar-refractivity contribution in [3.05, 3.63) is 60.4 Å². The van der Waals surface area contributed by atoms with Gasteiger partial charge in [-0.05, 0) is 49.2 Å². The van der Waals surface area contributed by atoms with Gasteiger partial charge in [0.2, 0.25) is 15.9 Å². The Morgan fingerprint density at radius 2 is 1.62 bits per heavy atom. The van der Waals surface area contributed by atoms with Crippen molar-refractivity contribution in [1.82, 2.24) is 9.21 Å². The van der Waals surface area contributed by atoms with Crippen molar-refractivity contribution < 1.29 is 22.4 Å². The van der Waals surface area contributed by atoms with Gasteiger partial charge in [-0.3, -0.25) is 14.5 Å². The molecular formula is C23H26FN3O4S. The van der Waals surface area contributed by atoms with Crippen molar-refractivity contribution in [2.75, 3.05) is 24.5 Å². The average Bonchev–Trinajstić information content (AvgIpc) is 3.10. The summed E-state index contributed by atoms with van der Waals surface area (Å²) in [6, 6.07) is 12.9. The van der Waals surface area contributed by atoms with E-state index >= 15 is 0 Å². The minimum atomic E-state index is -3.60. The molecule has 0 N–H and O–H groups in total. The predicted octanol–water partition coefficient (Wildman–Crippen LogP) is 2.63. The van der Waals surface area contributed by atoms with Crippen LogP contribution >= 0.6 is 0 Å². The van der Waals surface area contributed by atoms with Crippen LogP contribution in [-0.4, -0.2) is 61.2 Å². The fraction of sp³-hybridized carbons (Fsp3) is 0.391. The van der Waals surface area contributed by atoms with Crippen molar-refractivity contribution in [2.45, 2.75) is 43.2 Å². The zero-order valence-electron chi connectivity index (χ0n) is 17.9. The summed E-state index contributed by atoms with van der Waals surface area (Å²) < 4.78 is 40.9. The highest BCUT2D eigenvalue weighted by atomic mass is 32.2. The molecule has 0 aliphatic carbocycles. The second kappa shape index (κ2) is 9.09. The zero-order chi connectivity index (χ0) is 22.9. The predicted molar refractivity (Wildman–Crippen MR) is 118 cm³/mol. The van der Waals surface area contributed by atoms with Crippen LogP contribution in [-0.2, 0) is 19.6 Å². The topological polar surface area (TPSA) is 78.0 Å². The van der Waals surface area contributed by atoms with Crippen LogP contribution in [0.2, 0.25) is 0 Å². The number of rotatable bonds is 6. The third-order valence-corrected chi connectivity index (χ3v) is 8.26. The van der Waals surface area contributed by atoms with Gasteiger partial charge in [0.15, 0.2) is 0 Å². The zero-order valence-corrected chi connectivity index (χ0v) is 18.7. The lowest BCUT2D eigenvalue weighted by Crippen LogP contribution is -2.51. The molecule has 7 nitrogen and oxygen atoms in total. The highest BCUT2D eigenvalue weighted by molar-refractivity contribution is 7.89. The van der Waals surface area contributed by atoms with Gasteiger partial charge in [0.1, 0.15) is 5.82 Å². The number of anilines is 1. The first-order valence-electron chi connectivity index (χ1n) is 10.8. The Kier molecular flexibility index (Phi) is 6.41. The van der Waals surface area contributed by atoms with Gasteiger partial charge < -0.3 is 0 Å². The fourth-order valence-corrected chi connectivity index (χ4v) is 6.32. The number of piperidine rings is 1. The molecule has 0 bridgehead atoms. The molecule has 0 aromatic heterocycles. The van der Waals surface area contributed by atoms with Gasteiger partial charge in [-0.1, -0.05) is 25.1 Å². The molecule has 2 aliphatic rings. The molecule has 0 spiro atoms. The second-order valence-corrected chi connectivity index (χ2v) is 9.94. The highest BCUT2D eigenvalue weighted by Gasteiger charge is 2.44. The van der Waals surface area contributed by atoms with E-state index in [1.807, 2.05) is 11.8 Å². The van der Waals surface area contributed by atoms with Gasteiger partial charge in [-0.25, -0.2) is 17.7 Å². The first kappa shape index (κ1) is 22.6. The van der Waals surface area contributed by atoms with Crippen LogP contribution in [0, 0.1) is 5.82 Å². The molecular weight excluding hydrogens is 433 g/mol. The number of carbonyl (C=O) groups is 2. The molecule has 2 fully saturated rings. The minimum absolute atomic E-state index is 0.0701. The fourth-order valence-electron chi connectivity index (χ4n) is 4.60. The van der Waals surface area contributed by atoms with Gasteiger partial charge in [0, 0.05) is 25.7 Å². The molecule has 9 heteroatoms. The van der Waals surface area contributed by atoms with Gasteiger partial charge in [-0.15, -0.1) is 0 Å². The molecule has 170 valence electrons. The summed E-state index contributed by atoms with van der Waals surface area (Å²) in [4.78, 5) is 28.9. The summed E-state index contributed by atoms with van der Waals surface area (Å²) in [5.74, 6) is -1.06. The van der Waals surface area contributed by atoms with Crippen LogP contribution < -0.4 is 4.90 Å². The van der Waals surface area contributed by atoms with Crippen LogP contribution in [0.15, 0.2) is 59.5 Å². The van der Waals surface area contributed by atoms with Crippen molar-refractivity contribution in [1.29, 1.82) is 0 Å². The van der Waals surface area contributed by atoms with E-state index < -0.39 is 21.9 Å². The quantitative estimate of drug-likeness (QED) is 0.621. The Morgan fingerprint density at radius 3 is 2.22 bits per heavy atom. The smallest absolute Gasteiger partial charge is 0.251 e. The van der Waals surface area contributed by atoms with Gasteiger partial charge >= 0.3 is 0 Å². The van der Waals surface area contributed by atoms with Crippen LogP contribution in [0.3, 0.4) is 0 Å². The van der Waals surface area contributed by atoms with Crippen LogP contribution in [0.25, 0.3) is 0 Å². The first-order valence-corrected chi connectivity index (χ1v) is 12.2. The third-order valence-electron chi connectivity index (χ3n) is 6.22. The van der Waals surface area contributed by atoms with Crippen LogP contribution in [0.1, 0.15) is 26.2 Å². The average molecular weight is 460 g/mol. The summed E-state index contributed by atoms with van der Waals surface area (Å²) in [5.41, 5.74) is 0.366. The lowest BCUT2D eigenvalue weighted by molar-refractivity contribution is -0.123. The van der Waals surface area contributed by atoms with E-state index in [0.29, 0.717) is 38.2 Å². The number of hydrogen-bond acceptors (Lipinski definition) is 5. The Hall–Kier alpha value is -2.62. The van der Waals surface area contributed by atoms with Gasteiger partial charge in [-0.2, -0.15) is 4.31 Å². The number of amides is 2. The van der Waals surface area contributed by atoms with E-state index in [1.54, 1.807) is 30.3 Å². The second-order valence-electron chi connectivity index (χ2n) is 8.05. The number of benzene rings is 2. The number of sulfonamides is 1. The van der Waals surface area contributed by atoms with Crippen LogP contribution in [0.5, 0.6) is 0 Å². The number of halogens is 1. The lowest BCUT2D eigenvalue weighted by Gasteiger charge is -2.39. The molecule has 2 heterocycles. The molecule has 1 atom stereocenters. The maximum absolute atomic E-state index is 13.2.